The predicted molar refractivity (Wildman–Crippen MR) is 77.6 cm³/mol. The summed E-state index contributed by atoms with van der Waals surface area (Å²) in [7, 11) is 1.70. The van der Waals surface area contributed by atoms with E-state index >= 15 is 0 Å². The Balaban J connectivity index is 2.76. The molecule has 0 saturated carbocycles. The molecule has 0 unspecified atom stereocenters. The standard InChI is InChI=1S/C16H17ClO/c1-4-12-11(2)9-10-15(18-3)16(12)13-7-5-6-8-14(13)17/h5-10H,4H2,1-3H3. The molecule has 0 fully saturated rings. The highest BCUT2D eigenvalue weighted by molar-refractivity contribution is 6.33. The highest BCUT2D eigenvalue weighted by atomic mass is 35.5. The molecule has 18 heavy (non-hydrogen) atoms. The minimum Gasteiger partial charge on any atom is -0.496 e. The van der Waals surface area contributed by atoms with E-state index in [-0.39, 0.29) is 0 Å². The molecule has 0 atom stereocenters. The summed E-state index contributed by atoms with van der Waals surface area (Å²) >= 11 is 6.31. The number of ether oxygens (including phenoxy) is 1. The molecule has 0 aliphatic rings. The lowest BCUT2D eigenvalue weighted by Gasteiger charge is -2.16. The molecule has 0 aliphatic heterocycles. The van der Waals surface area contributed by atoms with Gasteiger partial charge in [0.05, 0.1) is 7.11 Å². The normalized spacial score (nSPS) is 10.4. The quantitative estimate of drug-likeness (QED) is 0.764. The molecular formula is C16H17ClO. The van der Waals surface area contributed by atoms with Crippen LogP contribution in [0.2, 0.25) is 5.02 Å². The van der Waals surface area contributed by atoms with Crippen molar-refractivity contribution >= 4 is 11.6 Å². The van der Waals surface area contributed by atoms with Gasteiger partial charge < -0.3 is 4.74 Å². The van der Waals surface area contributed by atoms with Gasteiger partial charge in [0, 0.05) is 16.1 Å². The lowest BCUT2D eigenvalue weighted by molar-refractivity contribution is 0.416. The van der Waals surface area contributed by atoms with Crippen LogP contribution in [-0.4, -0.2) is 7.11 Å². The van der Waals surface area contributed by atoms with Gasteiger partial charge >= 0.3 is 0 Å². The fraction of sp³-hybridized carbons (Fsp3) is 0.250. The van der Waals surface area contributed by atoms with Crippen LogP contribution in [0.5, 0.6) is 5.75 Å². The number of aryl methyl sites for hydroxylation is 1. The van der Waals surface area contributed by atoms with Gasteiger partial charge in [-0.25, -0.2) is 0 Å². The van der Waals surface area contributed by atoms with Crippen molar-refractivity contribution in [2.24, 2.45) is 0 Å². The maximum atomic E-state index is 6.31. The van der Waals surface area contributed by atoms with E-state index in [0.717, 1.165) is 28.3 Å². The first kappa shape index (κ1) is 13.0. The first-order valence-corrected chi connectivity index (χ1v) is 6.48. The smallest absolute Gasteiger partial charge is 0.127 e. The average molecular weight is 261 g/mol. The highest BCUT2D eigenvalue weighted by Gasteiger charge is 2.14. The van der Waals surface area contributed by atoms with Gasteiger partial charge in [0.2, 0.25) is 0 Å². The summed E-state index contributed by atoms with van der Waals surface area (Å²) in [5, 5.41) is 0.760. The number of methoxy groups -OCH3 is 1. The van der Waals surface area contributed by atoms with E-state index in [4.69, 9.17) is 16.3 Å². The molecule has 0 amide bonds. The van der Waals surface area contributed by atoms with Crippen molar-refractivity contribution in [3.8, 4) is 16.9 Å². The van der Waals surface area contributed by atoms with Crippen LogP contribution in [0.25, 0.3) is 11.1 Å². The van der Waals surface area contributed by atoms with E-state index in [9.17, 15) is 0 Å². The van der Waals surface area contributed by atoms with Crippen molar-refractivity contribution < 1.29 is 4.74 Å². The molecular weight excluding hydrogens is 244 g/mol. The molecule has 94 valence electrons. The minimum atomic E-state index is 0.760. The average Bonchev–Trinajstić information content (AvgIpc) is 2.39. The van der Waals surface area contributed by atoms with Gasteiger partial charge in [0.25, 0.3) is 0 Å². The lowest BCUT2D eigenvalue weighted by atomic mass is 9.93. The Labute approximate surface area is 113 Å². The van der Waals surface area contributed by atoms with E-state index in [1.54, 1.807) is 7.11 Å². The summed E-state index contributed by atoms with van der Waals surface area (Å²) < 4.78 is 5.49. The predicted octanol–water partition coefficient (Wildman–Crippen LogP) is 4.89. The summed E-state index contributed by atoms with van der Waals surface area (Å²) in [4.78, 5) is 0. The second-order valence-electron chi connectivity index (χ2n) is 4.27. The van der Waals surface area contributed by atoms with Crippen molar-refractivity contribution in [2.75, 3.05) is 7.11 Å². The van der Waals surface area contributed by atoms with Crippen LogP contribution < -0.4 is 4.74 Å². The molecule has 0 heterocycles. The molecule has 2 aromatic carbocycles. The maximum absolute atomic E-state index is 6.31. The zero-order valence-electron chi connectivity index (χ0n) is 11.0. The Morgan fingerprint density at radius 2 is 1.83 bits per heavy atom. The summed E-state index contributed by atoms with van der Waals surface area (Å²) in [5.74, 6) is 0.880. The molecule has 0 radical (unpaired) electrons. The Kier molecular flexibility index (Phi) is 3.93. The van der Waals surface area contributed by atoms with Gasteiger partial charge in [-0.2, -0.15) is 0 Å². The summed E-state index contributed by atoms with van der Waals surface area (Å²) in [6.45, 7) is 4.28. The molecule has 0 N–H and O–H groups in total. The van der Waals surface area contributed by atoms with Crippen LogP contribution in [0.15, 0.2) is 36.4 Å². The third-order valence-electron chi connectivity index (χ3n) is 3.23. The Hall–Kier alpha value is -1.47. The van der Waals surface area contributed by atoms with Crippen LogP contribution in [0.3, 0.4) is 0 Å². The van der Waals surface area contributed by atoms with Gasteiger partial charge in [-0.1, -0.05) is 42.8 Å². The van der Waals surface area contributed by atoms with Crippen LogP contribution in [0.4, 0.5) is 0 Å². The van der Waals surface area contributed by atoms with Gasteiger partial charge in [-0.05, 0) is 36.6 Å². The van der Waals surface area contributed by atoms with Crippen molar-refractivity contribution in [3.63, 3.8) is 0 Å². The molecule has 0 aliphatic carbocycles. The largest absolute Gasteiger partial charge is 0.496 e. The molecule has 2 heteroatoms. The van der Waals surface area contributed by atoms with E-state index < -0.39 is 0 Å². The molecule has 0 bridgehead atoms. The highest BCUT2D eigenvalue weighted by Crippen LogP contribution is 2.38. The summed E-state index contributed by atoms with van der Waals surface area (Å²) in [6, 6.07) is 12.0. The van der Waals surface area contributed by atoms with Crippen molar-refractivity contribution in [1.82, 2.24) is 0 Å². The second kappa shape index (κ2) is 5.45. The second-order valence-corrected chi connectivity index (χ2v) is 4.68. The van der Waals surface area contributed by atoms with E-state index in [0.29, 0.717) is 0 Å². The summed E-state index contributed by atoms with van der Waals surface area (Å²) in [6.07, 6.45) is 0.962. The van der Waals surface area contributed by atoms with E-state index in [1.165, 1.54) is 11.1 Å². The molecule has 0 aromatic heterocycles. The van der Waals surface area contributed by atoms with Crippen LogP contribution in [-0.2, 0) is 6.42 Å². The molecule has 1 nitrogen and oxygen atoms in total. The van der Waals surface area contributed by atoms with Gasteiger partial charge in [-0.3, -0.25) is 0 Å². The summed E-state index contributed by atoms with van der Waals surface area (Å²) in [5.41, 5.74) is 4.72. The number of halogens is 1. The monoisotopic (exact) mass is 260 g/mol. The van der Waals surface area contributed by atoms with Crippen molar-refractivity contribution in [2.45, 2.75) is 20.3 Å². The van der Waals surface area contributed by atoms with Crippen molar-refractivity contribution in [1.29, 1.82) is 0 Å². The van der Waals surface area contributed by atoms with Crippen LogP contribution in [0.1, 0.15) is 18.1 Å². The van der Waals surface area contributed by atoms with Gasteiger partial charge in [0.1, 0.15) is 5.75 Å². The molecule has 2 aromatic rings. The number of rotatable bonds is 3. The van der Waals surface area contributed by atoms with Gasteiger partial charge in [-0.15, -0.1) is 0 Å². The fourth-order valence-electron chi connectivity index (χ4n) is 2.32. The molecule has 0 saturated heterocycles. The molecule has 2 rings (SSSR count). The van der Waals surface area contributed by atoms with Crippen LogP contribution >= 0.6 is 11.6 Å². The third kappa shape index (κ3) is 2.23. The number of hydrogen-bond donors (Lipinski definition) is 0. The van der Waals surface area contributed by atoms with E-state index in [2.05, 4.69) is 19.9 Å². The van der Waals surface area contributed by atoms with Crippen molar-refractivity contribution in [3.05, 3.63) is 52.5 Å². The third-order valence-corrected chi connectivity index (χ3v) is 3.56. The zero-order chi connectivity index (χ0) is 13.1. The topological polar surface area (TPSA) is 9.23 Å². The Morgan fingerprint density at radius 1 is 1.11 bits per heavy atom. The first-order valence-electron chi connectivity index (χ1n) is 6.10. The SMILES string of the molecule is CCc1c(C)ccc(OC)c1-c1ccccc1Cl. The zero-order valence-corrected chi connectivity index (χ0v) is 11.7. The van der Waals surface area contributed by atoms with Gasteiger partial charge in [0.15, 0.2) is 0 Å². The first-order chi connectivity index (χ1) is 8.69. The lowest BCUT2D eigenvalue weighted by Crippen LogP contribution is -1.97. The number of hydrogen-bond acceptors (Lipinski definition) is 1. The van der Waals surface area contributed by atoms with Crippen LogP contribution in [0, 0.1) is 6.92 Å². The maximum Gasteiger partial charge on any atom is 0.127 e. The fourth-order valence-corrected chi connectivity index (χ4v) is 2.55. The molecule has 0 spiro atoms. The number of benzene rings is 2. The van der Waals surface area contributed by atoms with E-state index in [1.807, 2.05) is 30.3 Å². The Bertz CT molecular complexity index is 561. The Morgan fingerprint density at radius 3 is 2.44 bits per heavy atom. The minimum absolute atomic E-state index is 0.760.